The van der Waals surface area contributed by atoms with Crippen LogP contribution in [0.2, 0.25) is 0 Å². The fourth-order valence-electron chi connectivity index (χ4n) is 9.25. The largest absolute Gasteiger partial charge is 0.309 e. The maximum Gasteiger partial charge on any atom is 0.164 e. The number of benzene rings is 9. The zero-order chi connectivity index (χ0) is 42.4. The third-order valence-corrected chi connectivity index (χ3v) is 12.1. The second kappa shape index (κ2) is 15.7. The Morgan fingerprint density at radius 2 is 0.734 bits per heavy atom. The van der Waals surface area contributed by atoms with E-state index < -0.39 is 0 Å². The van der Waals surface area contributed by atoms with E-state index in [4.69, 9.17) is 15.0 Å². The zero-order valence-electron chi connectivity index (χ0n) is 34.8. The molecule has 0 spiro atoms. The fourth-order valence-corrected chi connectivity index (χ4v) is 9.25. The van der Waals surface area contributed by atoms with Crippen LogP contribution in [-0.2, 0) is 0 Å². The van der Waals surface area contributed by atoms with Crippen molar-refractivity contribution in [1.29, 1.82) is 0 Å². The Balaban J connectivity index is 1.09. The Kier molecular flexibility index (Phi) is 9.08. The summed E-state index contributed by atoms with van der Waals surface area (Å²) < 4.78 is 2.49. The Morgan fingerprint density at radius 1 is 0.297 bits per heavy atom. The minimum atomic E-state index is 0.610. The van der Waals surface area contributed by atoms with Gasteiger partial charge >= 0.3 is 0 Å². The number of hydrogen-bond donors (Lipinski definition) is 0. The van der Waals surface area contributed by atoms with Crippen LogP contribution in [0.15, 0.2) is 237 Å². The van der Waals surface area contributed by atoms with Gasteiger partial charge in [-0.05, 0) is 70.8 Å². The van der Waals surface area contributed by atoms with Gasteiger partial charge in [-0.3, -0.25) is 0 Å². The van der Waals surface area contributed by atoms with Crippen LogP contribution in [0.4, 0.5) is 17.1 Å². The molecule has 300 valence electrons. The van der Waals surface area contributed by atoms with Crippen molar-refractivity contribution >= 4 is 28.0 Å². The average molecular weight is 818 g/mol. The van der Waals surface area contributed by atoms with E-state index in [-0.39, 0.29) is 0 Å². The van der Waals surface area contributed by atoms with Crippen LogP contribution in [0.5, 0.6) is 0 Å². The van der Waals surface area contributed by atoms with E-state index in [0.717, 1.165) is 72.9 Å². The van der Waals surface area contributed by atoms with Crippen LogP contribution >= 0.6 is 0 Å². The number of aromatic nitrogens is 4. The minimum absolute atomic E-state index is 0.610. The van der Waals surface area contributed by atoms with Crippen LogP contribution in [0.25, 0.3) is 95.4 Å². The Labute approximate surface area is 371 Å². The molecule has 9 aromatic carbocycles. The lowest BCUT2D eigenvalue weighted by atomic mass is 9.97. The predicted molar refractivity (Wildman–Crippen MR) is 263 cm³/mol. The molecule has 0 N–H and O–H groups in total. The molecule has 11 aromatic rings. The van der Waals surface area contributed by atoms with Crippen molar-refractivity contribution in [2.24, 2.45) is 0 Å². The van der Waals surface area contributed by atoms with Crippen molar-refractivity contribution in [3.05, 3.63) is 237 Å². The normalized spacial score (nSPS) is 11.7. The van der Waals surface area contributed by atoms with E-state index in [1.54, 1.807) is 0 Å². The van der Waals surface area contributed by atoms with E-state index in [2.05, 4.69) is 185 Å². The van der Waals surface area contributed by atoms with Gasteiger partial charge in [-0.2, -0.15) is 0 Å². The summed E-state index contributed by atoms with van der Waals surface area (Å²) in [5.41, 5.74) is 17.4. The van der Waals surface area contributed by atoms with E-state index in [0.29, 0.717) is 17.5 Å². The Hall–Kier alpha value is -8.67. The number of para-hydroxylation sites is 3. The Morgan fingerprint density at radius 3 is 1.33 bits per heavy atom. The van der Waals surface area contributed by atoms with Gasteiger partial charge in [0.2, 0.25) is 0 Å². The average Bonchev–Trinajstić information content (AvgIpc) is 3.66. The maximum atomic E-state index is 5.11. The van der Waals surface area contributed by atoms with Crippen LogP contribution in [0, 0.1) is 0 Å². The number of hydrogen-bond acceptors (Lipinski definition) is 4. The van der Waals surface area contributed by atoms with Gasteiger partial charge in [0.1, 0.15) is 0 Å². The molecule has 0 saturated heterocycles. The smallest absolute Gasteiger partial charge is 0.164 e. The molecule has 3 heterocycles. The van der Waals surface area contributed by atoms with Crippen LogP contribution in [0.3, 0.4) is 0 Å². The SMILES string of the molecule is c1ccc(-c2cc(-c3ccccc3)cc(-n3c4c(c5ccccc53)-c3ccccc3N(c3cccc(-c5nc(-c6ccccc6)nc(-c6ccccc6)n5)c3)c3ccccc3-4)c2)cc1. The molecule has 1 aliphatic heterocycles. The first-order chi connectivity index (χ1) is 31.7. The molecule has 1 aliphatic rings. The highest BCUT2D eigenvalue weighted by molar-refractivity contribution is 6.13. The first kappa shape index (κ1) is 37.1. The second-order valence-corrected chi connectivity index (χ2v) is 16.0. The molecule has 0 amide bonds. The molecular formula is C59H39N5. The molecule has 2 aromatic heterocycles. The van der Waals surface area contributed by atoms with Crippen molar-refractivity contribution in [2.75, 3.05) is 4.90 Å². The van der Waals surface area contributed by atoms with E-state index >= 15 is 0 Å². The van der Waals surface area contributed by atoms with Gasteiger partial charge in [-0.15, -0.1) is 0 Å². The summed E-state index contributed by atoms with van der Waals surface area (Å²) in [6.07, 6.45) is 0. The molecule has 0 radical (unpaired) electrons. The van der Waals surface area contributed by atoms with E-state index in [1.165, 1.54) is 22.1 Å². The van der Waals surface area contributed by atoms with Gasteiger partial charge in [0, 0.05) is 50.1 Å². The molecule has 5 nitrogen and oxygen atoms in total. The van der Waals surface area contributed by atoms with Gasteiger partial charge in [0.05, 0.1) is 22.6 Å². The van der Waals surface area contributed by atoms with Crippen molar-refractivity contribution < 1.29 is 0 Å². The lowest BCUT2D eigenvalue weighted by Crippen LogP contribution is -2.11. The summed E-state index contributed by atoms with van der Waals surface area (Å²) in [6, 6.07) is 83.8. The van der Waals surface area contributed by atoms with Crippen molar-refractivity contribution in [2.45, 2.75) is 0 Å². The highest BCUT2D eigenvalue weighted by Crippen LogP contribution is 2.54. The third kappa shape index (κ3) is 6.46. The lowest BCUT2D eigenvalue weighted by molar-refractivity contribution is 1.07. The molecule has 12 rings (SSSR count). The summed E-state index contributed by atoms with van der Waals surface area (Å²) in [5.74, 6) is 1.87. The lowest BCUT2D eigenvalue weighted by Gasteiger charge is -2.28. The maximum absolute atomic E-state index is 5.11. The van der Waals surface area contributed by atoms with Gasteiger partial charge < -0.3 is 9.47 Å². The summed E-state index contributed by atoms with van der Waals surface area (Å²) in [5, 5.41) is 1.19. The molecule has 0 unspecified atom stereocenters. The highest BCUT2D eigenvalue weighted by Gasteiger charge is 2.31. The molecule has 0 fully saturated rings. The summed E-state index contributed by atoms with van der Waals surface area (Å²) in [6.45, 7) is 0. The number of rotatable bonds is 7. The van der Waals surface area contributed by atoms with Gasteiger partial charge in [0.25, 0.3) is 0 Å². The fraction of sp³-hybridized carbons (Fsp3) is 0. The summed E-state index contributed by atoms with van der Waals surface area (Å²) in [4.78, 5) is 17.6. The third-order valence-electron chi connectivity index (χ3n) is 12.1. The van der Waals surface area contributed by atoms with Gasteiger partial charge in [-0.25, -0.2) is 15.0 Å². The first-order valence-electron chi connectivity index (χ1n) is 21.6. The van der Waals surface area contributed by atoms with Gasteiger partial charge in [-0.1, -0.05) is 188 Å². The summed E-state index contributed by atoms with van der Waals surface area (Å²) >= 11 is 0. The van der Waals surface area contributed by atoms with Crippen molar-refractivity contribution in [3.63, 3.8) is 0 Å². The van der Waals surface area contributed by atoms with Crippen molar-refractivity contribution in [3.8, 4) is 84.5 Å². The molecular weight excluding hydrogens is 779 g/mol. The van der Waals surface area contributed by atoms with Crippen LogP contribution < -0.4 is 4.90 Å². The topological polar surface area (TPSA) is 46.8 Å². The van der Waals surface area contributed by atoms with Crippen molar-refractivity contribution in [1.82, 2.24) is 19.5 Å². The molecule has 64 heavy (non-hydrogen) atoms. The van der Waals surface area contributed by atoms with Crippen LogP contribution in [0.1, 0.15) is 0 Å². The number of fused-ring (bicyclic) bond motifs is 7. The van der Waals surface area contributed by atoms with Gasteiger partial charge in [0.15, 0.2) is 17.5 Å². The monoisotopic (exact) mass is 817 g/mol. The second-order valence-electron chi connectivity index (χ2n) is 16.0. The molecule has 5 heteroatoms. The number of anilines is 3. The van der Waals surface area contributed by atoms with Crippen LogP contribution in [-0.4, -0.2) is 19.5 Å². The van der Waals surface area contributed by atoms with E-state index in [1.807, 2.05) is 60.7 Å². The predicted octanol–water partition coefficient (Wildman–Crippen LogP) is 15.3. The molecule has 0 atom stereocenters. The highest BCUT2D eigenvalue weighted by atomic mass is 15.2. The standard InChI is InChI=1S/C59H39N5/c1-5-20-40(21-6-1)45-36-46(41-22-7-2-8-23-41)39-48(38-45)64-53-34-17-14-31-50(53)55-49-30-13-16-33-52(49)63(54-35-18-15-32-51(54)56(55)64)47-29-19-28-44(37-47)59-61-57(42-24-9-3-10-25-42)60-58(62-59)43-26-11-4-12-27-43/h1-39H. The summed E-state index contributed by atoms with van der Waals surface area (Å²) in [7, 11) is 0. The quantitative estimate of drug-likeness (QED) is 0.161. The zero-order valence-corrected chi connectivity index (χ0v) is 34.8. The molecule has 0 saturated carbocycles. The van der Waals surface area contributed by atoms with E-state index in [9.17, 15) is 0 Å². The minimum Gasteiger partial charge on any atom is -0.309 e. The molecule has 0 bridgehead atoms. The molecule has 0 aliphatic carbocycles. The number of nitrogens with zero attached hydrogens (tertiary/aromatic N) is 5. The Bertz CT molecular complexity index is 3370. The first-order valence-corrected chi connectivity index (χ1v) is 21.6.